The van der Waals surface area contributed by atoms with E-state index in [2.05, 4.69) is 27.6 Å². The first kappa shape index (κ1) is 11.0. The quantitative estimate of drug-likeness (QED) is 0.745. The van der Waals surface area contributed by atoms with E-state index in [1.165, 1.54) is 0 Å². The number of halogens is 1. The summed E-state index contributed by atoms with van der Waals surface area (Å²) in [4.78, 5) is 16.8. The number of rotatable bonds is 1. The lowest BCUT2D eigenvalue weighted by atomic mass is 10.2. The van der Waals surface area contributed by atoms with E-state index in [4.69, 9.17) is 4.74 Å². The van der Waals surface area contributed by atoms with Crippen molar-refractivity contribution in [3.63, 3.8) is 0 Å². The average molecular weight is 342 g/mol. The Morgan fingerprint density at radius 3 is 3.06 bits per heavy atom. The summed E-state index contributed by atoms with van der Waals surface area (Å²) in [5, 5.41) is 0.681. The molecule has 0 saturated carbocycles. The van der Waals surface area contributed by atoms with Crippen LogP contribution in [-0.4, -0.2) is 16.7 Å². The van der Waals surface area contributed by atoms with Crippen molar-refractivity contribution in [1.82, 2.24) is 9.55 Å². The van der Waals surface area contributed by atoms with Gasteiger partial charge in [-0.25, -0.2) is 4.98 Å². The fourth-order valence-electron chi connectivity index (χ4n) is 2.24. The number of nitrogens with zero attached hydrogens (tertiary/aromatic N) is 2. The maximum absolute atomic E-state index is 12.3. The lowest BCUT2D eigenvalue weighted by molar-refractivity contribution is 0.412. The summed E-state index contributed by atoms with van der Waals surface area (Å²) in [6.07, 6.45) is 1.90. The summed E-state index contributed by atoms with van der Waals surface area (Å²) in [5.74, 6) is 1.67. The van der Waals surface area contributed by atoms with Gasteiger partial charge in [-0.05, 0) is 35.1 Å². The number of fused-ring (bicyclic) bond motifs is 2. The van der Waals surface area contributed by atoms with E-state index >= 15 is 0 Å². The molecule has 0 spiro atoms. The topological polar surface area (TPSA) is 44.1 Å². The molecule has 1 aromatic heterocycles. The highest BCUT2D eigenvalue weighted by Gasteiger charge is 2.17. The Hall–Kier alpha value is -1.11. The molecule has 3 rings (SSSR count). The van der Waals surface area contributed by atoms with Crippen LogP contribution in [-0.2, 0) is 13.0 Å². The maximum Gasteiger partial charge on any atom is 0.261 e. The standard InChI is InChI=1S/C12H11IN2O2/c1-17-10-6-9-7(5-8(10)13)12(16)15-4-2-3-11(15)14-9/h5-6H,2-4H2,1H3. The second kappa shape index (κ2) is 3.97. The van der Waals surface area contributed by atoms with Gasteiger partial charge >= 0.3 is 0 Å². The van der Waals surface area contributed by atoms with Crippen LogP contribution in [0.15, 0.2) is 16.9 Å². The van der Waals surface area contributed by atoms with Crippen molar-refractivity contribution >= 4 is 33.5 Å². The molecule has 17 heavy (non-hydrogen) atoms. The molecule has 2 aromatic rings. The third-order valence-electron chi connectivity index (χ3n) is 3.09. The summed E-state index contributed by atoms with van der Waals surface area (Å²) in [5.41, 5.74) is 0.809. The highest BCUT2D eigenvalue weighted by Crippen LogP contribution is 2.25. The summed E-state index contributed by atoms with van der Waals surface area (Å²) in [6.45, 7) is 0.791. The minimum atomic E-state index is 0.0723. The van der Waals surface area contributed by atoms with Gasteiger partial charge in [-0.2, -0.15) is 0 Å². The molecule has 1 aromatic carbocycles. The fourth-order valence-corrected chi connectivity index (χ4v) is 2.93. The fraction of sp³-hybridized carbons (Fsp3) is 0.333. The van der Waals surface area contributed by atoms with Crippen LogP contribution in [0.3, 0.4) is 0 Å². The van der Waals surface area contributed by atoms with Crippen molar-refractivity contribution in [3.8, 4) is 5.75 Å². The Kier molecular flexibility index (Phi) is 2.57. The molecule has 2 heterocycles. The van der Waals surface area contributed by atoms with Gasteiger partial charge in [0.2, 0.25) is 0 Å². The first-order valence-corrected chi connectivity index (χ1v) is 6.55. The van der Waals surface area contributed by atoms with Gasteiger partial charge in [0.05, 0.1) is 21.6 Å². The third kappa shape index (κ3) is 1.64. The number of benzene rings is 1. The Labute approximate surface area is 112 Å². The number of hydrogen-bond acceptors (Lipinski definition) is 3. The first-order valence-electron chi connectivity index (χ1n) is 5.47. The molecule has 5 heteroatoms. The van der Waals surface area contributed by atoms with Crippen molar-refractivity contribution in [3.05, 3.63) is 31.9 Å². The van der Waals surface area contributed by atoms with E-state index in [9.17, 15) is 4.79 Å². The molecular formula is C12H11IN2O2. The number of ether oxygens (including phenoxy) is 1. The van der Waals surface area contributed by atoms with Gasteiger partial charge in [0.25, 0.3) is 5.56 Å². The zero-order valence-corrected chi connectivity index (χ0v) is 11.5. The van der Waals surface area contributed by atoms with Crippen LogP contribution < -0.4 is 10.3 Å². The molecular weight excluding hydrogens is 331 g/mol. The van der Waals surface area contributed by atoms with Gasteiger partial charge in [0.1, 0.15) is 11.6 Å². The Bertz CT molecular complexity index is 658. The Morgan fingerprint density at radius 2 is 2.29 bits per heavy atom. The number of methoxy groups -OCH3 is 1. The highest BCUT2D eigenvalue weighted by molar-refractivity contribution is 14.1. The monoisotopic (exact) mass is 342 g/mol. The normalized spacial score (nSPS) is 14.0. The minimum Gasteiger partial charge on any atom is -0.496 e. The third-order valence-corrected chi connectivity index (χ3v) is 3.93. The van der Waals surface area contributed by atoms with Crippen molar-refractivity contribution in [2.75, 3.05) is 7.11 Å². The second-order valence-electron chi connectivity index (χ2n) is 4.09. The Morgan fingerprint density at radius 1 is 1.47 bits per heavy atom. The van der Waals surface area contributed by atoms with Gasteiger partial charge < -0.3 is 4.74 Å². The van der Waals surface area contributed by atoms with Crippen LogP contribution in [0.5, 0.6) is 5.75 Å². The molecule has 88 valence electrons. The summed E-state index contributed by atoms with van der Waals surface area (Å²) in [7, 11) is 1.63. The van der Waals surface area contributed by atoms with Crippen molar-refractivity contribution in [2.45, 2.75) is 19.4 Å². The van der Waals surface area contributed by atoms with Gasteiger partial charge in [-0.1, -0.05) is 0 Å². The molecule has 0 aliphatic carbocycles. The van der Waals surface area contributed by atoms with Crippen molar-refractivity contribution in [2.24, 2.45) is 0 Å². The predicted molar refractivity (Wildman–Crippen MR) is 73.6 cm³/mol. The molecule has 0 unspecified atom stereocenters. The molecule has 0 radical (unpaired) electrons. The molecule has 0 saturated heterocycles. The van der Waals surface area contributed by atoms with Gasteiger partial charge in [-0.15, -0.1) is 0 Å². The van der Waals surface area contributed by atoms with E-state index in [1.807, 2.05) is 12.1 Å². The molecule has 0 bridgehead atoms. The molecule has 0 amide bonds. The van der Waals surface area contributed by atoms with E-state index in [-0.39, 0.29) is 5.56 Å². The molecule has 0 fully saturated rings. The molecule has 0 N–H and O–H groups in total. The van der Waals surface area contributed by atoms with Crippen LogP contribution in [0.25, 0.3) is 10.9 Å². The van der Waals surface area contributed by atoms with Gasteiger partial charge in [0.15, 0.2) is 0 Å². The van der Waals surface area contributed by atoms with E-state index in [0.717, 1.165) is 40.0 Å². The lowest BCUT2D eigenvalue weighted by Gasteiger charge is -2.08. The van der Waals surface area contributed by atoms with Crippen LogP contribution in [0.4, 0.5) is 0 Å². The molecule has 4 nitrogen and oxygen atoms in total. The maximum atomic E-state index is 12.3. The number of aryl methyl sites for hydroxylation is 1. The summed E-state index contributed by atoms with van der Waals surface area (Å²) < 4.78 is 7.98. The lowest BCUT2D eigenvalue weighted by Crippen LogP contribution is -2.21. The molecule has 0 atom stereocenters. The molecule has 1 aliphatic rings. The van der Waals surface area contributed by atoms with Gasteiger partial charge in [0, 0.05) is 19.0 Å². The smallest absolute Gasteiger partial charge is 0.261 e. The van der Waals surface area contributed by atoms with Crippen LogP contribution >= 0.6 is 22.6 Å². The Balaban J connectivity index is 2.40. The zero-order chi connectivity index (χ0) is 12.0. The van der Waals surface area contributed by atoms with Crippen LogP contribution in [0.2, 0.25) is 0 Å². The van der Waals surface area contributed by atoms with Crippen molar-refractivity contribution < 1.29 is 4.74 Å². The first-order chi connectivity index (χ1) is 8.20. The van der Waals surface area contributed by atoms with Gasteiger partial charge in [-0.3, -0.25) is 9.36 Å². The number of hydrogen-bond donors (Lipinski definition) is 0. The summed E-state index contributed by atoms with van der Waals surface area (Å²) in [6, 6.07) is 3.70. The summed E-state index contributed by atoms with van der Waals surface area (Å²) >= 11 is 2.17. The second-order valence-corrected chi connectivity index (χ2v) is 5.25. The SMILES string of the molecule is COc1cc2nc3n(c(=O)c2cc1I)CCC3. The van der Waals surface area contributed by atoms with Crippen molar-refractivity contribution in [1.29, 1.82) is 0 Å². The predicted octanol–water partition coefficient (Wildman–Crippen LogP) is 1.96. The van der Waals surface area contributed by atoms with Crippen LogP contribution in [0, 0.1) is 3.57 Å². The highest BCUT2D eigenvalue weighted by atomic mass is 127. The van der Waals surface area contributed by atoms with E-state index in [1.54, 1.807) is 11.7 Å². The average Bonchev–Trinajstić information content (AvgIpc) is 2.78. The molecule has 1 aliphatic heterocycles. The van der Waals surface area contributed by atoms with Crippen LogP contribution in [0.1, 0.15) is 12.2 Å². The minimum absolute atomic E-state index is 0.0723. The van der Waals surface area contributed by atoms with E-state index < -0.39 is 0 Å². The van der Waals surface area contributed by atoms with E-state index in [0.29, 0.717) is 5.39 Å². The number of aromatic nitrogens is 2. The largest absolute Gasteiger partial charge is 0.496 e. The zero-order valence-electron chi connectivity index (χ0n) is 9.36.